The maximum Gasteiger partial charge on any atom is 0.237 e. The third-order valence-corrected chi connectivity index (χ3v) is 4.81. The van der Waals surface area contributed by atoms with Crippen molar-refractivity contribution in [1.29, 1.82) is 0 Å². The lowest BCUT2D eigenvalue weighted by Crippen LogP contribution is -2.47. The van der Waals surface area contributed by atoms with Crippen LogP contribution in [0.5, 0.6) is 0 Å². The molecule has 1 aliphatic heterocycles. The summed E-state index contributed by atoms with van der Waals surface area (Å²) in [6, 6.07) is 5.50. The number of rotatable bonds is 3. The summed E-state index contributed by atoms with van der Waals surface area (Å²) in [6.07, 6.45) is 3.60. The van der Waals surface area contributed by atoms with Gasteiger partial charge in [-0.25, -0.2) is 0 Å². The molecule has 1 aromatic rings. The molecule has 2 atom stereocenters. The molecule has 6 heteroatoms. The van der Waals surface area contributed by atoms with Gasteiger partial charge in [0, 0.05) is 18.2 Å². The number of nitrogens with two attached hydrogens (primary N) is 1. The van der Waals surface area contributed by atoms with E-state index in [4.69, 9.17) is 22.1 Å². The number of fused-ring (bicyclic) bond motifs is 1. The standard InChI is InChI=1S/C16H21ClN2O2.ClH/c17-12-2-3-13-11(9-12)1-4-14(13)19-16(20)15(18)10-5-7-21-8-6-10;/h2-3,9-10,14-15H,1,4-8,18H2,(H,19,20);1H. The summed E-state index contributed by atoms with van der Waals surface area (Å²) in [6.45, 7) is 1.41. The van der Waals surface area contributed by atoms with Crippen molar-refractivity contribution >= 4 is 29.9 Å². The van der Waals surface area contributed by atoms with Crippen molar-refractivity contribution in [3.63, 3.8) is 0 Å². The Balaban J connectivity index is 0.00000176. The first-order valence-corrected chi connectivity index (χ1v) is 7.95. The maximum absolute atomic E-state index is 12.4. The molecule has 2 aliphatic rings. The van der Waals surface area contributed by atoms with E-state index in [2.05, 4.69) is 5.32 Å². The first-order valence-electron chi connectivity index (χ1n) is 7.57. The molecule has 4 nitrogen and oxygen atoms in total. The molecular weight excluding hydrogens is 323 g/mol. The van der Waals surface area contributed by atoms with E-state index in [1.807, 2.05) is 18.2 Å². The molecular formula is C16H22Cl2N2O2. The molecule has 0 aromatic heterocycles. The van der Waals surface area contributed by atoms with E-state index in [0.717, 1.165) is 30.7 Å². The summed E-state index contributed by atoms with van der Waals surface area (Å²) in [5.74, 6) is 0.180. The molecule has 122 valence electrons. The first kappa shape index (κ1) is 17.5. The Morgan fingerprint density at radius 3 is 2.77 bits per heavy atom. The van der Waals surface area contributed by atoms with Crippen molar-refractivity contribution in [3.05, 3.63) is 34.3 Å². The molecule has 1 amide bonds. The lowest BCUT2D eigenvalue weighted by Gasteiger charge is -2.28. The van der Waals surface area contributed by atoms with Crippen LogP contribution in [0.1, 0.15) is 36.4 Å². The van der Waals surface area contributed by atoms with Crippen molar-refractivity contribution in [2.24, 2.45) is 11.7 Å². The summed E-state index contributed by atoms with van der Waals surface area (Å²) in [5, 5.41) is 3.85. The number of aryl methyl sites for hydroxylation is 1. The molecule has 22 heavy (non-hydrogen) atoms. The number of benzene rings is 1. The van der Waals surface area contributed by atoms with Crippen LogP contribution in [0.3, 0.4) is 0 Å². The third-order valence-electron chi connectivity index (χ3n) is 4.58. The van der Waals surface area contributed by atoms with Gasteiger partial charge in [0.25, 0.3) is 0 Å². The molecule has 0 saturated carbocycles. The topological polar surface area (TPSA) is 64.4 Å². The van der Waals surface area contributed by atoms with Crippen molar-refractivity contribution in [2.75, 3.05) is 13.2 Å². The molecule has 0 bridgehead atoms. The minimum absolute atomic E-state index is 0. The second-order valence-electron chi connectivity index (χ2n) is 5.92. The number of ether oxygens (including phenoxy) is 1. The maximum atomic E-state index is 12.4. The van der Waals surface area contributed by atoms with Gasteiger partial charge in [0.05, 0.1) is 12.1 Å². The van der Waals surface area contributed by atoms with Gasteiger partial charge in [-0.2, -0.15) is 0 Å². The van der Waals surface area contributed by atoms with Crippen LogP contribution >= 0.6 is 24.0 Å². The lowest BCUT2D eigenvalue weighted by atomic mass is 9.91. The molecule has 1 saturated heterocycles. The van der Waals surface area contributed by atoms with E-state index in [-0.39, 0.29) is 30.3 Å². The summed E-state index contributed by atoms with van der Waals surface area (Å²) >= 11 is 6.01. The minimum atomic E-state index is -0.440. The zero-order valence-electron chi connectivity index (χ0n) is 12.4. The fourth-order valence-corrected chi connectivity index (χ4v) is 3.49. The van der Waals surface area contributed by atoms with Gasteiger partial charge in [-0.05, 0) is 54.9 Å². The molecule has 1 fully saturated rings. The Bertz CT molecular complexity index is 533. The van der Waals surface area contributed by atoms with Crippen LogP contribution in [0, 0.1) is 5.92 Å². The van der Waals surface area contributed by atoms with Crippen LogP contribution in [0.15, 0.2) is 18.2 Å². The van der Waals surface area contributed by atoms with Gasteiger partial charge in [0.1, 0.15) is 0 Å². The molecule has 1 aliphatic carbocycles. The van der Waals surface area contributed by atoms with Crippen LogP contribution in [-0.2, 0) is 16.0 Å². The predicted molar refractivity (Wildman–Crippen MR) is 89.4 cm³/mol. The van der Waals surface area contributed by atoms with Gasteiger partial charge in [0.15, 0.2) is 0 Å². The summed E-state index contributed by atoms with van der Waals surface area (Å²) in [5.41, 5.74) is 8.53. The summed E-state index contributed by atoms with van der Waals surface area (Å²) < 4.78 is 5.32. The van der Waals surface area contributed by atoms with E-state index in [1.54, 1.807) is 0 Å². The van der Waals surface area contributed by atoms with Crippen molar-refractivity contribution in [2.45, 2.75) is 37.8 Å². The van der Waals surface area contributed by atoms with Gasteiger partial charge in [-0.3, -0.25) is 4.79 Å². The molecule has 0 radical (unpaired) electrons. The van der Waals surface area contributed by atoms with Crippen molar-refractivity contribution < 1.29 is 9.53 Å². The minimum Gasteiger partial charge on any atom is -0.381 e. The average Bonchev–Trinajstić information content (AvgIpc) is 2.89. The van der Waals surface area contributed by atoms with Crippen LogP contribution in [0.25, 0.3) is 0 Å². The van der Waals surface area contributed by atoms with E-state index < -0.39 is 6.04 Å². The quantitative estimate of drug-likeness (QED) is 0.885. The normalized spacial score (nSPS) is 22.5. The highest BCUT2D eigenvalue weighted by molar-refractivity contribution is 6.30. The second kappa shape index (κ2) is 7.64. The smallest absolute Gasteiger partial charge is 0.237 e. The average molecular weight is 345 g/mol. The Morgan fingerprint density at radius 1 is 1.32 bits per heavy atom. The number of nitrogens with one attached hydrogen (secondary N) is 1. The highest BCUT2D eigenvalue weighted by Crippen LogP contribution is 2.33. The van der Waals surface area contributed by atoms with Gasteiger partial charge in [-0.1, -0.05) is 17.7 Å². The van der Waals surface area contributed by atoms with Crippen LogP contribution in [-0.4, -0.2) is 25.2 Å². The molecule has 0 spiro atoms. The largest absolute Gasteiger partial charge is 0.381 e. The number of amides is 1. The highest BCUT2D eigenvalue weighted by atomic mass is 35.5. The first-order chi connectivity index (χ1) is 10.1. The van der Waals surface area contributed by atoms with E-state index in [0.29, 0.717) is 13.2 Å². The zero-order valence-corrected chi connectivity index (χ0v) is 14.0. The SMILES string of the molecule is Cl.NC(C(=O)NC1CCc2cc(Cl)ccc21)C1CCOCC1. The number of carbonyl (C=O) groups is 1. The number of carbonyl (C=O) groups excluding carboxylic acids is 1. The molecule has 3 rings (SSSR count). The van der Waals surface area contributed by atoms with Crippen LogP contribution < -0.4 is 11.1 Å². The molecule has 2 unspecified atom stereocenters. The second-order valence-corrected chi connectivity index (χ2v) is 6.36. The van der Waals surface area contributed by atoms with E-state index >= 15 is 0 Å². The molecule has 1 aromatic carbocycles. The van der Waals surface area contributed by atoms with E-state index in [1.165, 1.54) is 11.1 Å². The predicted octanol–water partition coefficient (Wildman–Crippen LogP) is 2.62. The fraction of sp³-hybridized carbons (Fsp3) is 0.562. The van der Waals surface area contributed by atoms with Crippen LogP contribution in [0.2, 0.25) is 5.02 Å². The van der Waals surface area contributed by atoms with Gasteiger partial charge in [0.2, 0.25) is 5.91 Å². The van der Waals surface area contributed by atoms with Gasteiger partial charge < -0.3 is 15.8 Å². The Hall–Kier alpha value is -0.810. The highest BCUT2D eigenvalue weighted by Gasteiger charge is 2.30. The number of hydrogen-bond acceptors (Lipinski definition) is 3. The summed E-state index contributed by atoms with van der Waals surface area (Å²) in [4.78, 5) is 12.4. The Morgan fingerprint density at radius 2 is 2.05 bits per heavy atom. The van der Waals surface area contributed by atoms with Crippen LogP contribution in [0.4, 0.5) is 0 Å². The van der Waals surface area contributed by atoms with Crippen molar-refractivity contribution in [3.8, 4) is 0 Å². The lowest BCUT2D eigenvalue weighted by molar-refractivity contribution is -0.125. The Kier molecular flexibility index (Phi) is 6.09. The summed E-state index contributed by atoms with van der Waals surface area (Å²) in [7, 11) is 0. The zero-order chi connectivity index (χ0) is 14.8. The molecule has 1 heterocycles. The third kappa shape index (κ3) is 3.74. The fourth-order valence-electron chi connectivity index (χ4n) is 3.29. The molecule has 3 N–H and O–H groups in total. The van der Waals surface area contributed by atoms with E-state index in [9.17, 15) is 4.79 Å². The monoisotopic (exact) mass is 344 g/mol. The van der Waals surface area contributed by atoms with Crippen molar-refractivity contribution in [1.82, 2.24) is 5.32 Å². The number of hydrogen-bond donors (Lipinski definition) is 2. The van der Waals surface area contributed by atoms with Gasteiger partial charge in [-0.15, -0.1) is 12.4 Å². The Labute approximate surface area is 142 Å². The van der Waals surface area contributed by atoms with Gasteiger partial charge >= 0.3 is 0 Å². The number of halogens is 2.